The van der Waals surface area contributed by atoms with Crippen molar-refractivity contribution in [1.82, 2.24) is 15.8 Å². The number of amides is 1. The molecule has 1 aromatic rings. The van der Waals surface area contributed by atoms with Crippen molar-refractivity contribution in [3.8, 4) is 0 Å². The van der Waals surface area contributed by atoms with E-state index in [0.717, 1.165) is 37.7 Å². The van der Waals surface area contributed by atoms with E-state index in [-0.39, 0.29) is 23.4 Å². The minimum atomic E-state index is -0.572. The third-order valence-electron chi connectivity index (χ3n) is 6.65. The average molecular weight is 358 g/mol. The van der Waals surface area contributed by atoms with Crippen molar-refractivity contribution >= 4 is 5.91 Å². The average Bonchev–Trinajstić information content (AvgIpc) is 3.22. The highest BCUT2D eigenvalue weighted by atomic mass is 16.3. The monoisotopic (exact) mass is 358 g/mol. The summed E-state index contributed by atoms with van der Waals surface area (Å²) >= 11 is 0. The number of benzene rings is 1. The van der Waals surface area contributed by atoms with Crippen molar-refractivity contribution in [1.29, 1.82) is 0 Å². The summed E-state index contributed by atoms with van der Waals surface area (Å²) in [5.74, 6) is 0.177. The SMILES string of the molecule is CCCC1CC(C(=O)N2CCC3(CC2)c2ccccc2[C@@H](N)[C@@H]3O)NN1. The number of carbonyl (C=O) groups is 1. The first-order chi connectivity index (χ1) is 12.6. The number of fused-ring (bicyclic) bond motifs is 2. The molecular formula is C20H30N4O2. The first-order valence-corrected chi connectivity index (χ1v) is 9.89. The van der Waals surface area contributed by atoms with Gasteiger partial charge in [-0.3, -0.25) is 10.2 Å². The van der Waals surface area contributed by atoms with Gasteiger partial charge >= 0.3 is 0 Å². The number of piperidine rings is 1. The lowest BCUT2D eigenvalue weighted by Gasteiger charge is -2.43. The zero-order chi connectivity index (χ0) is 18.3. The molecule has 2 fully saturated rings. The number of nitrogens with two attached hydrogens (primary N) is 1. The predicted molar refractivity (Wildman–Crippen MR) is 100 cm³/mol. The van der Waals surface area contributed by atoms with Crippen LogP contribution in [0.2, 0.25) is 0 Å². The van der Waals surface area contributed by atoms with E-state index in [1.807, 2.05) is 23.1 Å². The van der Waals surface area contributed by atoms with E-state index >= 15 is 0 Å². The molecular weight excluding hydrogens is 328 g/mol. The minimum Gasteiger partial charge on any atom is -0.390 e. The second-order valence-corrected chi connectivity index (χ2v) is 8.10. The zero-order valence-electron chi connectivity index (χ0n) is 15.4. The summed E-state index contributed by atoms with van der Waals surface area (Å²) in [5.41, 5.74) is 14.6. The topological polar surface area (TPSA) is 90.6 Å². The fraction of sp³-hybridized carbons (Fsp3) is 0.650. The van der Waals surface area contributed by atoms with E-state index in [0.29, 0.717) is 19.1 Å². The van der Waals surface area contributed by atoms with E-state index in [1.165, 1.54) is 5.56 Å². The van der Waals surface area contributed by atoms with Crippen LogP contribution in [-0.4, -0.2) is 47.2 Å². The van der Waals surface area contributed by atoms with Crippen LogP contribution in [0, 0.1) is 0 Å². The van der Waals surface area contributed by atoms with Gasteiger partial charge in [0.1, 0.15) is 6.04 Å². The summed E-state index contributed by atoms with van der Waals surface area (Å²) in [6, 6.07) is 8.04. The molecule has 1 aliphatic carbocycles. The number of hydrazine groups is 1. The van der Waals surface area contributed by atoms with E-state index in [9.17, 15) is 9.90 Å². The Morgan fingerprint density at radius 1 is 1.31 bits per heavy atom. The summed E-state index contributed by atoms with van der Waals surface area (Å²) in [4.78, 5) is 14.8. The molecule has 26 heavy (non-hydrogen) atoms. The second-order valence-electron chi connectivity index (χ2n) is 8.10. The Bertz CT molecular complexity index is 672. The van der Waals surface area contributed by atoms with Gasteiger partial charge < -0.3 is 15.7 Å². The van der Waals surface area contributed by atoms with Crippen LogP contribution in [0.25, 0.3) is 0 Å². The van der Waals surface area contributed by atoms with Gasteiger partial charge in [0.25, 0.3) is 0 Å². The van der Waals surface area contributed by atoms with Crippen LogP contribution in [0.3, 0.4) is 0 Å². The molecule has 6 nitrogen and oxygen atoms in total. The maximum Gasteiger partial charge on any atom is 0.241 e. The molecule has 5 N–H and O–H groups in total. The molecule has 1 amide bonds. The first-order valence-electron chi connectivity index (χ1n) is 9.89. The van der Waals surface area contributed by atoms with E-state index < -0.39 is 6.10 Å². The summed E-state index contributed by atoms with van der Waals surface area (Å²) in [7, 11) is 0. The van der Waals surface area contributed by atoms with E-state index in [1.54, 1.807) is 0 Å². The van der Waals surface area contributed by atoms with Gasteiger partial charge in [-0.2, -0.15) is 0 Å². The Morgan fingerprint density at radius 2 is 2.04 bits per heavy atom. The zero-order valence-corrected chi connectivity index (χ0v) is 15.4. The highest BCUT2D eigenvalue weighted by Gasteiger charge is 2.52. The van der Waals surface area contributed by atoms with Crippen molar-refractivity contribution in [2.45, 2.75) is 68.7 Å². The highest BCUT2D eigenvalue weighted by Crippen LogP contribution is 2.50. The van der Waals surface area contributed by atoms with Gasteiger partial charge in [0.2, 0.25) is 5.91 Å². The molecule has 3 aliphatic rings. The van der Waals surface area contributed by atoms with Gasteiger partial charge in [0.15, 0.2) is 0 Å². The molecule has 2 aliphatic heterocycles. The molecule has 2 heterocycles. The van der Waals surface area contributed by atoms with Gasteiger partial charge in [0, 0.05) is 24.5 Å². The fourth-order valence-corrected chi connectivity index (χ4v) is 5.15. The number of nitrogens with zero attached hydrogens (tertiary/aromatic N) is 1. The molecule has 142 valence electrons. The summed E-state index contributed by atoms with van der Waals surface area (Å²) < 4.78 is 0. The van der Waals surface area contributed by atoms with Crippen LogP contribution in [0.15, 0.2) is 24.3 Å². The van der Waals surface area contributed by atoms with Gasteiger partial charge in [-0.25, -0.2) is 5.43 Å². The molecule has 2 unspecified atom stereocenters. The standard InChI is InChI=1S/C20H30N4O2/c1-2-5-13-12-16(23-22-13)19(26)24-10-8-20(9-11-24)15-7-4-3-6-14(15)17(21)18(20)25/h3-4,6-7,13,16-18,22-23,25H,2,5,8-12,21H2,1H3/t13?,16?,17-,18+/m1/s1. The predicted octanol–water partition coefficient (Wildman–Crippen LogP) is 0.956. The smallest absolute Gasteiger partial charge is 0.241 e. The molecule has 0 radical (unpaired) electrons. The Hall–Kier alpha value is -1.47. The van der Waals surface area contributed by atoms with Gasteiger partial charge in [-0.15, -0.1) is 0 Å². The quantitative estimate of drug-likeness (QED) is 0.646. The highest BCUT2D eigenvalue weighted by molar-refractivity contribution is 5.82. The third kappa shape index (κ3) is 2.76. The Kier molecular flexibility index (Phi) is 4.77. The first kappa shape index (κ1) is 17.9. The van der Waals surface area contributed by atoms with Crippen molar-refractivity contribution in [2.24, 2.45) is 5.73 Å². The Labute approximate surface area is 155 Å². The van der Waals surface area contributed by atoms with E-state index in [2.05, 4.69) is 23.8 Å². The number of nitrogens with one attached hydrogen (secondary N) is 2. The number of aliphatic hydroxyl groups excluding tert-OH is 1. The lowest BCUT2D eigenvalue weighted by molar-refractivity contribution is -0.135. The number of rotatable bonds is 3. The second kappa shape index (κ2) is 6.93. The molecule has 1 aromatic carbocycles. The van der Waals surface area contributed by atoms with Crippen molar-refractivity contribution in [3.05, 3.63) is 35.4 Å². The minimum absolute atomic E-state index is 0.136. The number of likely N-dealkylation sites (tertiary alicyclic amines) is 1. The molecule has 6 heteroatoms. The molecule has 0 saturated carbocycles. The molecule has 1 spiro atoms. The molecule has 0 bridgehead atoms. The van der Waals surface area contributed by atoms with Crippen LogP contribution in [0.4, 0.5) is 0 Å². The Balaban J connectivity index is 1.44. The van der Waals surface area contributed by atoms with Gasteiger partial charge in [-0.05, 0) is 36.8 Å². The fourth-order valence-electron chi connectivity index (χ4n) is 5.15. The Morgan fingerprint density at radius 3 is 2.77 bits per heavy atom. The summed E-state index contributed by atoms with van der Waals surface area (Å²) in [6.07, 6.45) is 4.01. The van der Waals surface area contributed by atoms with Crippen LogP contribution in [0.5, 0.6) is 0 Å². The maximum atomic E-state index is 12.9. The third-order valence-corrected chi connectivity index (χ3v) is 6.65. The van der Waals surface area contributed by atoms with Crippen LogP contribution >= 0.6 is 0 Å². The van der Waals surface area contributed by atoms with Crippen molar-refractivity contribution in [3.63, 3.8) is 0 Å². The lowest BCUT2D eigenvalue weighted by Crippen LogP contribution is -2.53. The van der Waals surface area contributed by atoms with Crippen molar-refractivity contribution in [2.75, 3.05) is 13.1 Å². The molecule has 2 saturated heterocycles. The molecule has 4 rings (SSSR count). The normalized spacial score (nSPS) is 32.8. The van der Waals surface area contributed by atoms with Crippen LogP contribution in [-0.2, 0) is 10.2 Å². The van der Waals surface area contributed by atoms with Gasteiger partial charge in [0.05, 0.1) is 12.1 Å². The number of carbonyl (C=O) groups excluding carboxylic acids is 1. The van der Waals surface area contributed by atoms with Crippen LogP contribution < -0.4 is 16.6 Å². The van der Waals surface area contributed by atoms with Gasteiger partial charge in [-0.1, -0.05) is 37.6 Å². The van der Waals surface area contributed by atoms with E-state index in [4.69, 9.17) is 5.73 Å². The molecule has 0 aromatic heterocycles. The lowest BCUT2D eigenvalue weighted by atomic mass is 9.72. The maximum absolute atomic E-state index is 12.9. The summed E-state index contributed by atoms with van der Waals surface area (Å²) in [5, 5.41) is 10.9. The van der Waals surface area contributed by atoms with Crippen LogP contribution in [0.1, 0.15) is 56.2 Å². The molecule has 4 atom stereocenters. The number of hydrogen-bond acceptors (Lipinski definition) is 5. The largest absolute Gasteiger partial charge is 0.390 e. The number of hydrogen-bond donors (Lipinski definition) is 4. The van der Waals surface area contributed by atoms with Crippen molar-refractivity contribution < 1.29 is 9.90 Å². The number of aliphatic hydroxyl groups is 1. The summed E-state index contributed by atoms with van der Waals surface area (Å²) in [6.45, 7) is 3.51.